The van der Waals surface area contributed by atoms with E-state index >= 15 is 0 Å². The number of amides is 1. The van der Waals surface area contributed by atoms with Crippen LogP contribution in [-0.4, -0.2) is 35.4 Å². The molecule has 0 aromatic heterocycles. The van der Waals surface area contributed by atoms with E-state index in [1.807, 2.05) is 22.7 Å². The number of Topliss-reactive ketones (excluding diaryl/α,β-unsaturated/α-hetero) is 1. The molecule has 1 saturated carbocycles. The van der Waals surface area contributed by atoms with E-state index < -0.39 is 0 Å². The molecule has 22 heavy (non-hydrogen) atoms. The fourth-order valence-corrected chi connectivity index (χ4v) is 4.60. The zero-order valence-corrected chi connectivity index (χ0v) is 13.7. The Hall–Kier alpha value is -1.29. The van der Waals surface area contributed by atoms with Crippen LogP contribution in [0.1, 0.15) is 42.9 Å². The van der Waals surface area contributed by atoms with E-state index in [1.54, 1.807) is 0 Å². The van der Waals surface area contributed by atoms with Crippen molar-refractivity contribution in [2.75, 3.05) is 18.8 Å². The molecule has 2 aliphatic rings. The Balaban J connectivity index is 1.58. The van der Waals surface area contributed by atoms with E-state index in [0.717, 1.165) is 38.1 Å². The smallest absolute Gasteiger partial charge is 0.225 e. The summed E-state index contributed by atoms with van der Waals surface area (Å²) < 4.78 is 0. The van der Waals surface area contributed by atoms with Crippen molar-refractivity contribution in [2.45, 2.75) is 37.4 Å². The number of thioether (sulfide) groups is 1. The van der Waals surface area contributed by atoms with Crippen LogP contribution in [0.5, 0.6) is 0 Å². The Morgan fingerprint density at radius 2 is 1.77 bits per heavy atom. The average Bonchev–Trinajstić information content (AvgIpc) is 2.82. The second-order valence-corrected chi connectivity index (χ2v) is 7.51. The summed E-state index contributed by atoms with van der Waals surface area (Å²) in [5.41, 5.74) is 1.37. The molecule has 1 aliphatic carbocycles. The van der Waals surface area contributed by atoms with E-state index in [9.17, 15) is 9.59 Å². The number of hydrogen-bond donors (Lipinski definition) is 0. The van der Waals surface area contributed by atoms with Crippen molar-refractivity contribution in [1.82, 2.24) is 4.90 Å². The normalized spacial score (nSPS) is 24.1. The van der Waals surface area contributed by atoms with Gasteiger partial charge in [0.1, 0.15) is 5.78 Å². The first-order chi connectivity index (χ1) is 10.7. The number of benzene rings is 1. The first kappa shape index (κ1) is 15.6. The molecule has 2 fully saturated rings. The van der Waals surface area contributed by atoms with E-state index in [-0.39, 0.29) is 11.8 Å². The van der Waals surface area contributed by atoms with Gasteiger partial charge >= 0.3 is 0 Å². The van der Waals surface area contributed by atoms with Crippen molar-refractivity contribution < 1.29 is 9.59 Å². The van der Waals surface area contributed by atoms with Gasteiger partial charge in [-0.05, 0) is 24.8 Å². The summed E-state index contributed by atoms with van der Waals surface area (Å²) in [5, 5.41) is 0.493. The molecule has 1 heterocycles. The third-order valence-electron chi connectivity index (χ3n) is 4.72. The molecule has 1 atom stereocenters. The standard InChI is InChI=1S/C18H23NO2S/c20-16-8-6-15(7-9-16)18(21)19-11-10-17(22-13-12-19)14-4-2-1-3-5-14/h1-5,15,17H,6-13H2. The molecule has 1 saturated heterocycles. The predicted octanol–water partition coefficient (Wildman–Crippen LogP) is 3.45. The lowest BCUT2D eigenvalue weighted by Gasteiger charge is -2.28. The van der Waals surface area contributed by atoms with Crippen LogP contribution in [0.25, 0.3) is 0 Å². The summed E-state index contributed by atoms with van der Waals surface area (Å²) in [7, 11) is 0. The minimum Gasteiger partial charge on any atom is -0.342 e. The SMILES string of the molecule is O=C1CCC(C(=O)N2CCSC(c3ccccc3)CC2)CC1. The zero-order valence-electron chi connectivity index (χ0n) is 12.9. The van der Waals surface area contributed by atoms with E-state index in [1.165, 1.54) is 5.56 Å². The number of ketones is 1. The Kier molecular flexibility index (Phi) is 5.19. The molecule has 1 amide bonds. The van der Waals surface area contributed by atoms with Crippen LogP contribution < -0.4 is 0 Å². The van der Waals surface area contributed by atoms with Gasteiger partial charge in [-0.2, -0.15) is 11.8 Å². The van der Waals surface area contributed by atoms with Crippen molar-refractivity contribution >= 4 is 23.5 Å². The highest BCUT2D eigenvalue weighted by Crippen LogP contribution is 2.35. The Bertz CT molecular complexity index is 521. The van der Waals surface area contributed by atoms with Gasteiger partial charge in [0.2, 0.25) is 5.91 Å². The maximum atomic E-state index is 12.7. The van der Waals surface area contributed by atoms with Crippen LogP contribution in [-0.2, 0) is 9.59 Å². The topological polar surface area (TPSA) is 37.4 Å². The Labute approximate surface area is 136 Å². The zero-order chi connectivity index (χ0) is 15.4. The molecule has 1 aliphatic heterocycles. The lowest BCUT2D eigenvalue weighted by molar-refractivity contribution is -0.137. The second kappa shape index (κ2) is 7.32. The van der Waals surface area contributed by atoms with E-state index in [4.69, 9.17) is 0 Å². The van der Waals surface area contributed by atoms with Crippen LogP contribution in [0.3, 0.4) is 0 Å². The molecule has 0 radical (unpaired) electrons. The van der Waals surface area contributed by atoms with Gasteiger partial charge in [-0.3, -0.25) is 9.59 Å². The van der Waals surface area contributed by atoms with Gasteiger partial charge in [0.15, 0.2) is 0 Å². The predicted molar refractivity (Wildman–Crippen MR) is 89.8 cm³/mol. The van der Waals surface area contributed by atoms with Gasteiger partial charge in [-0.1, -0.05) is 30.3 Å². The molecule has 1 aromatic carbocycles. The summed E-state index contributed by atoms with van der Waals surface area (Å²) in [6, 6.07) is 10.6. The quantitative estimate of drug-likeness (QED) is 0.838. The number of nitrogens with zero attached hydrogens (tertiary/aromatic N) is 1. The summed E-state index contributed by atoms with van der Waals surface area (Å²) >= 11 is 1.96. The lowest BCUT2D eigenvalue weighted by Crippen LogP contribution is -2.39. The molecule has 3 rings (SSSR count). The monoisotopic (exact) mass is 317 g/mol. The summed E-state index contributed by atoms with van der Waals surface area (Å²) in [6.07, 6.45) is 3.70. The fraction of sp³-hybridized carbons (Fsp3) is 0.556. The average molecular weight is 317 g/mol. The Morgan fingerprint density at radius 1 is 1.05 bits per heavy atom. The van der Waals surface area contributed by atoms with Gasteiger partial charge < -0.3 is 4.90 Å². The molecule has 3 nitrogen and oxygen atoms in total. The van der Waals surface area contributed by atoms with Crippen molar-refractivity contribution in [1.29, 1.82) is 0 Å². The second-order valence-electron chi connectivity index (χ2n) is 6.20. The molecule has 1 aromatic rings. The fourth-order valence-electron chi connectivity index (χ4n) is 3.37. The van der Waals surface area contributed by atoms with E-state index in [2.05, 4.69) is 24.3 Å². The maximum Gasteiger partial charge on any atom is 0.225 e. The van der Waals surface area contributed by atoms with Crippen LogP contribution in [0, 0.1) is 5.92 Å². The maximum absolute atomic E-state index is 12.7. The van der Waals surface area contributed by atoms with Gasteiger partial charge in [0, 0.05) is 42.9 Å². The highest BCUT2D eigenvalue weighted by atomic mass is 32.2. The van der Waals surface area contributed by atoms with Gasteiger partial charge in [-0.25, -0.2) is 0 Å². The molecular weight excluding hydrogens is 294 g/mol. The van der Waals surface area contributed by atoms with Gasteiger partial charge in [-0.15, -0.1) is 0 Å². The van der Waals surface area contributed by atoms with E-state index in [0.29, 0.717) is 23.9 Å². The van der Waals surface area contributed by atoms with Crippen LogP contribution in [0.2, 0.25) is 0 Å². The number of carbonyl (C=O) groups is 2. The van der Waals surface area contributed by atoms with Crippen LogP contribution in [0.15, 0.2) is 30.3 Å². The van der Waals surface area contributed by atoms with Crippen molar-refractivity contribution in [3.63, 3.8) is 0 Å². The minimum absolute atomic E-state index is 0.0796. The summed E-state index contributed by atoms with van der Waals surface area (Å²) in [6.45, 7) is 1.69. The van der Waals surface area contributed by atoms with Crippen LogP contribution in [0.4, 0.5) is 0 Å². The van der Waals surface area contributed by atoms with Gasteiger partial charge in [0.25, 0.3) is 0 Å². The first-order valence-corrected chi connectivity index (χ1v) is 9.26. The highest BCUT2D eigenvalue weighted by molar-refractivity contribution is 7.99. The first-order valence-electron chi connectivity index (χ1n) is 8.21. The lowest BCUT2D eigenvalue weighted by atomic mass is 9.87. The summed E-state index contributed by atoms with van der Waals surface area (Å²) in [4.78, 5) is 26.0. The highest BCUT2D eigenvalue weighted by Gasteiger charge is 2.30. The molecule has 1 unspecified atom stereocenters. The van der Waals surface area contributed by atoms with Gasteiger partial charge in [0.05, 0.1) is 0 Å². The minimum atomic E-state index is 0.0796. The van der Waals surface area contributed by atoms with Crippen LogP contribution >= 0.6 is 11.8 Å². The third-order valence-corrected chi connectivity index (χ3v) is 6.05. The Morgan fingerprint density at radius 3 is 2.50 bits per heavy atom. The number of hydrogen-bond acceptors (Lipinski definition) is 3. The van der Waals surface area contributed by atoms with Crippen molar-refractivity contribution in [3.8, 4) is 0 Å². The third kappa shape index (κ3) is 3.72. The molecule has 0 bridgehead atoms. The largest absolute Gasteiger partial charge is 0.342 e. The molecule has 0 N–H and O–H groups in total. The molecule has 4 heteroatoms. The molecule has 118 valence electrons. The number of carbonyl (C=O) groups excluding carboxylic acids is 2. The van der Waals surface area contributed by atoms with Crippen molar-refractivity contribution in [2.24, 2.45) is 5.92 Å². The van der Waals surface area contributed by atoms with Crippen molar-refractivity contribution in [3.05, 3.63) is 35.9 Å². The summed E-state index contributed by atoms with van der Waals surface area (Å²) in [5.74, 6) is 1.68. The molecular formula is C18H23NO2S. The molecule has 0 spiro atoms. The number of rotatable bonds is 2.